The first-order valence-electron chi connectivity index (χ1n) is 6.77. The molecule has 0 aromatic rings. The summed E-state index contributed by atoms with van der Waals surface area (Å²) < 4.78 is 0. The largest absolute Gasteiger partial charge is 0.350 e. The van der Waals surface area contributed by atoms with E-state index < -0.39 is 0 Å². The summed E-state index contributed by atoms with van der Waals surface area (Å²) in [6.45, 7) is 2.86. The minimum Gasteiger partial charge on any atom is -0.350 e. The van der Waals surface area contributed by atoms with Crippen LogP contribution in [-0.2, 0) is 9.59 Å². The lowest BCUT2D eigenvalue weighted by molar-refractivity contribution is -0.126. The van der Waals surface area contributed by atoms with Gasteiger partial charge in [-0.3, -0.25) is 9.59 Å². The maximum atomic E-state index is 11.8. The molecule has 1 heterocycles. The molecule has 1 saturated heterocycles. The molecule has 2 atom stereocenters. The number of unbranched alkanes of at least 4 members (excludes halogenated alkanes) is 1. The highest BCUT2D eigenvalue weighted by Gasteiger charge is 2.33. The summed E-state index contributed by atoms with van der Waals surface area (Å²) in [6.07, 6.45) is 5.67. The quantitative estimate of drug-likeness (QED) is 0.726. The van der Waals surface area contributed by atoms with Crippen LogP contribution in [0.5, 0.6) is 0 Å². The summed E-state index contributed by atoms with van der Waals surface area (Å²) in [7, 11) is 0. The van der Waals surface area contributed by atoms with E-state index in [4.69, 9.17) is 0 Å². The number of carbonyl (C=O) groups is 2. The first-order valence-corrected chi connectivity index (χ1v) is 6.77. The summed E-state index contributed by atoms with van der Waals surface area (Å²) in [5, 5.41) is 6.22. The molecular formula is C13H22N2O2. The van der Waals surface area contributed by atoms with Crippen LogP contribution in [0.1, 0.15) is 45.4 Å². The van der Waals surface area contributed by atoms with Crippen molar-refractivity contribution < 1.29 is 9.59 Å². The Bertz CT molecular complexity index is 300. The molecule has 0 aromatic heterocycles. The zero-order chi connectivity index (χ0) is 12.3. The van der Waals surface area contributed by atoms with Gasteiger partial charge in [0.05, 0.1) is 6.04 Å². The van der Waals surface area contributed by atoms with Gasteiger partial charge in [0.1, 0.15) is 5.78 Å². The minimum absolute atomic E-state index is 0.00785. The molecule has 2 fully saturated rings. The van der Waals surface area contributed by atoms with E-state index in [0.717, 1.165) is 38.6 Å². The van der Waals surface area contributed by atoms with E-state index in [2.05, 4.69) is 17.6 Å². The van der Waals surface area contributed by atoms with E-state index in [1.807, 2.05) is 0 Å². The van der Waals surface area contributed by atoms with Gasteiger partial charge in [0.2, 0.25) is 5.91 Å². The summed E-state index contributed by atoms with van der Waals surface area (Å²) in [5.41, 5.74) is 0. The minimum atomic E-state index is -0.0535. The van der Waals surface area contributed by atoms with Crippen LogP contribution < -0.4 is 10.6 Å². The molecule has 0 radical (unpaired) electrons. The van der Waals surface area contributed by atoms with Gasteiger partial charge in [-0.15, -0.1) is 0 Å². The Balaban J connectivity index is 1.74. The van der Waals surface area contributed by atoms with Gasteiger partial charge >= 0.3 is 0 Å². The molecule has 0 bridgehead atoms. The Labute approximate surface area is 103 Å². The van der Waals surface area contributed by atoms with Crippen LogP contribution in [-0.4, -0.2) is 30.3 Å². The van der Waals surface area contributed by atoms with Crippen molar-refractivity contribution in [3.8, 4) is 0 Å². The molecule has 17 heavy (non-hydrogen) atoms. The highest BCUT2D eigenvalue weighted by Crippen LogP contribution is 2.31. The third-order valence-corrected chi connectivity index (χ3v) is 3.60. The molecule has 4 nitrogen and oxygen atoms in total. The van der Waals surface area contributed by atoms with Gasteiger partial charge in [-0.1, -0.05) is 19.8 Å². The highest BCUT2D eigenvalue weighted by molar-refractivity contribution is 5.86. The van der Waals surface area contributed by atoms with Gasteiger partial charge in [-0.2, -0.15) is 0 Å². The lowest BCUT2D eigenvalue weighted by Gasteiger charge is -2.30. The molecule has 2 rings (SSSR count). The van der Waals surface area contributed by atoms with E-state index in [0.29, 0.717) is 18.1 Å². The van der Waals surface area contributed by atoms with Crippen LogP contribution in [0.3, 0.4) is 0 Å². The Hall–Kier alpha value is -0.900. The second-order valence-corrected chi connectivity index (χ2v) is 5.25. The van der Waals surface area contributed by atoms with Crippen molar-refractivity contribution >= 4 is 11.7 Å². The standard InChI is InChI=1S/C13H22N2O2/c1-2-3-4-11-13(17)15-10(8-14-11)7-12(16)9-5-6-9/h9-11,14H,2-8H2,1H3,(H,15,17)/t10-,11-/m0/s1. The molecule has 0 aromatic carbocycles. The number of ketones is 1. The number of amides is 1. The van der Waals surface area contributed by atoms with Gasteiger partial charge < -0.3 is 10.6 Å². The zero-order valence-electron chi connectivity index (χ0n) is 10.5. The Morgan fingerprint density at radius 2 is 2.18 bits per heavy atom. The van der Waals surface area contributed by atoms with Crippen LogP contribution in [0.4, 0.5) is 0 Å². The lowest BCUT2D eigenvalue weighted by Crippen LogP contribution is -2.58. The number of carbonyl (C=O) groups excluding carboxylic acids is 2. The lowest BCUT2D eigenvalue weighted by atomic mass is 10.0. The molecule has 96 valence electrons. The molecule has 4 heteroatoms. The average molecular weight is 238 g/mol. The molecule has 2 aliphatic rings. The van der Waals surface area contributed by atoms with Gasteiger partial charge in [-0.05, 0) is 19.3 Å². The van der Waals surface area contributed by atoms with Crippen molar-refractivity contribution in [3.63, 3.8) is 0 Å². The second kappa shape index (κ2) is 5.63. The topological polar surface area (TPSA) is 58.2 Å². The fourth-order valence-electron chi connectivity index (χ4n) is 2.31. The summed E-state index contributed by atoms with van der Waals surface area (Å²) in [4.78, 5) is 23.4. The van der Waals surface area contributed by atoms with Crippen molar-refractivity contribution in [2.24, 2.45) is 5.92 Å². The summed E-state index contributed by atoms with van der Waals surface area (Å²) in [6, 6.07) is -0.0456. The van der Waals surface area contributed by atoms with Crippen LogP contribution in [0.15, 0.2) is 0 Å². The van der Waals surface area contributed by atoms with Crippen LogP contribution in [0.25, 0.3) is 0 Å². The zero-order valence-corrected chi connectivity index (χ0v) is 10.5. The average Bonchev–Trinajstić information content (AvgIpc) is 3.11. The van der Waals surface area contributed by atoms with Gasteiger partial charge in [0, 0.05) is 24.9 Å². The number of nitrogens with one attached hydrogen (secondary N) is 2. The van der Waals surface area contributed by atoms with Crippen LogP contribution in [0.2, 0.25) is 0 Å². The van der Waals surface area contributed by atoms with Crippen LogP contribution in [0, 0.1) is 5.92 Å². The molecular weight excluding hydrogens is 216 g/mol. The molecule has 1 aliphatic heterocycles. The molecule has 2 N–H and O–H groups in total. The molecule has 0 spiro atoms. The Morgan fingerprint density at radius 1 is 1.41 bits per heavy atom. The van der Waals surface area contributed by atoms with E-state index >= 15 is 0 Å². The molecule has 0 unspecified atom stereocenters. The predicted octanol–water partition coefficient (Wildman–Crippen LogP) is 1.00. The summed E-state index contributed by atoms with van der Waals surface area (Å²) in [5.74, 6) is 0.687. The van der Waals surface area contributed by atoms with Crippen LogP contribution >= 0.6 is 0 Å². The highest BCUT2D eigenvalue weighted by atomic mass is 16.2. The Kier molecular flexibility index (Phi) is 4.15. The van der Waals surface area contributed by atoms with Crippen molar-refractivity contribution in [1.29, 1.82) is 0 Å². The number of hydrogen-bond donors (Lipinski definition) is 2. The summed E-state index contributed by atoms with van der Waals surface area (Å²) >= 11 is 0. The maximum Gasteiger partial charge on any atom is 0.237 e. The van der Waals surface area contributed by atoms with Gasteiger partial charge in [0.25, 0.3) is 0 Å². The van der Waals surface area contributed by atoms with Crippen molar-refractivity contribution in [2.45, 2.75) is 57.5 Å². The fourth-order valence-corrected chi connectivity index (χ4v) is 2.31. The first-order chi connectivity index (χ1) is 8.20. The van der Waals surface area contributed by atoms with E-state index in [1.165, 1.54) is 0 Å². The maximum absolute atomic E-state index is 11.8. The second-order valence-electron chi connectivity index (χ2n) is 5.25. The molecule has 1 saturated carbocycles. The third-order valence-electron chi connectivity index (χ3n) is 3.60. The monoisotopic (exact) mass is 238 g/mol. The van der Waals surface area contributed by atoms with Crippen molar-refractivity contribution in [2.75, 3.05) is 6.54 Å². The van der Waals surface area contributed by atoms with Gasteiger partial charge in [-0.25, -0.2) is 0 Å². The Morgan fingerprint density at radius 3 is 2.76 bits per heavy atom. The number of piperazine rings is 1. The number of Topliss-reactive ketones (excluding diaryl/α,β-unsaturated/α-hetero) is 1. The SMILES string of the molecule is CCCC[C@@H]1NC[C@H](CC(=O)C2CC2)NC1=O. The molecule has 1 aliphatic carbocycles. The van der Waals surface area contributed by atoms with E-state index in [1.54, 1.807) is 0 Å². The third kappa shape index (κ3) is 3.53. The van der Waals surface area contributed by atoms with Gasteiger partial charge in [0.15, 0.2) is 0 Å². The fraction of sp³-hybridized carbons (Fsp3) is 0.846. The normalized spacial score (nSPS) is 28.9. The van der Waals surface area contributed by atoms with E-state index in [-0.39, 0.29) is 18.0 Å². The van der Waals surface area contributed by atoms with Crippen molar-refractivity contribution in [3.05, 3.63) is 0 Å². The van der Waals surface area contributed by atoms with Crippen molar-refractivity contribution in [1.82, 2.24) is 10.6 Å². The van der Waals surface area contributed by atoms with E-state index in [9.17, 15) is 9.59 Å². The number of rotatable bonds is 6. The molecule has 1 amide bonds. The predicted molar refractivity (Wildman–Crippen MR) is 65.6 cm³/mol. The first kappa shape index (κ1) is 12.6. The smallest absolute Gasteiger partial charge is 0.237 e. The number of hydrogen-bond acceptors (Lipinski definition) is 3.